The van der Waals surface area contributed by atoms with Crippen molar-refractivity contribution in [3.63, 3.8) is 0 Å². The second-order valence-corrected chi connectivity index (χ2v) is 7.06. The molecular weight excluding hydrogens is 300 g/mol. The minimum Gasteiger partial charge on any atom is -0.310 e. The number of carbonyl (C=O) groups excluding carboxylic acids is 1. The van der Waals surface area contributed by atoms with Crippen molar-refractivity contribution in [1.82, 2.24) is 24.5 Å². The molecule has 1 aliphatic rings. The molecule has 2 aromatic rings. The molecule has 0 aromatic carbocycles. The number of nitrogens with zero attached hydrogens (tertiary/aromatic N) is 5. The van der Waals surface area contributed by atoms with Crippen molar-refractivity contribution in [2.45, 2.75) is 56.1 Å². The van der Waals surface area contributed by atoms with E-state index in [-0.39, 0.29) is 17.2 Å². The average Bonchev–Trinajstić information content (AvgIpc) is 3.03. The molecule has 7 nitrogen and oxygen atoms in total. The highest BCUT2D eigenvalue weighted by molar-refractivity contribution is 8.00. The van der Waals surface area contributed by atoms with Crippen LogP contribution in [0.1, 0.15) is 45.7 Å². The third kappa shape index (κ3) is 3.16. The zero-order chi connectivity index (χ0) is 15.7. The van der Waals surface area contributed by atoms with Gasteiger partial charge in [-0.2, -0.15) is 5.10 Å². The predicted octanol–water partition coefficient (Wildman–Crippen LogP) is 2.51. The molecule has 1 atom stereocenters. The predicted molar refractivity (Wildman–Crippen MR) is 84.9 cm³/mol. The summed E-state index contributed by atoms with van der Waals surface area (Å²) in [4.78, 5) is 12.4. The Bertz CT molecular complexity index is 660. The van der Waals surface area contributed by atoms with Gasteiger partial charge < -0.3 is 9.88 Å². The van der Waals surface area contributed by atoms with E-state index in [4.69, 9.17) is 0 Å². The van der Waals surface area contributed by atoms with E-state index in [2.05, 4.69) is 25.2 Å². The van der Waals surface area contributed by atoms with E-state index in [9.17, 15) is 4.79 Å². The summed E-state index contributed by atoms with van der Waals surface area (Å²) in [6.45, 7) is 5.93. The van der Waals surface area contributed by atoms with Gasteiger partial charge in [0.1, 0.15) is 12.1 Å². The molecule has 0 spiro atoms. The maximum absolute atomic E-state index is 12.4. The van der Waals surface area contributed by atoms with Crippen molar-refractivity contribution >= 4 is 23.5 Å². The lowest BCUT2D eigenvalue weighted by Gasteiger charge is -2.14. The van der Waals surface area contributed by atoms with Gasteiger partial charge in [-0.1, -0.05) is 11.8 Å². The first-order chi connectivity index (χ1) is 10.6. The molecule has 0 bridgehead atoms. The lowest BCUT2D eigenvalue weighted by molar-refractivity contribution is -0.115. The summed E-state index contributed by atoms with van der Waals surface area (Å²) in [6.07, 6.45) is 5.77. The first-order valence-corrected chi connectivity index (χ1v) is 8.34. The van der Waals surface area contributed by atoms with Crippen molar-refractivity contribution in [2.24, 2.45) is 0 Å². The van der Waals surface area contributed by atoms with Crippen LogP contribution in [0, 0.1) is 0 Å². The van der Waals surface area contributed by atoms with Crippen LogP contribution >= 0.6 is 11.8 Å². The summed E-state index contributed by atoms with van der Waals surface area (Å²) in [5, 5.41) is 15.8. The number of hydrogen-bond acceptors (Lipinski definition) is 5. The number of nitrogens with one attached hydrogen (secondary N) is 1. The monoisotopic (exact) mass is 320 g/mol. The first-order valence-electron chi connectivity index (χ1n) is 7.46. The normalized spacial score (nSPS) is 16.0. The Balaban J connectivity index is 1.64. The van der Waals surface area contributed by atoms with Gasteiger partial charge in [0.05, 0.1) is 11.4 Å². The molecule has 2 aromatic heterocycles. The average molecular weight is 320 g/mol. The Labute approximate surface area is 133 Å². The van der Waals surface area contributed by atoms with Gasteiger partial charge in [-0.3, -0.25) is 4.79 Å². The van der Waals surface area contributed by atoms with Crippen LogP contribution < -0.4 is 5.32 Å². The van der Waals surface area contributed by atoms with Crippen molar-refractivity contribution in [1.29, 1.82) is 0 Å². The molecule has 1 amide bonds. The highest BCUT2D eigenvalue weighted by Gasteiger charge is 2.28. The summed E-state index contributed by atoms with van der Waals surface area (Å²) in [5.74, 6) is 0.661. The summed E-state index contributed by atoms with van der Waals surface area (Å²) in [6, 6.07) is 2.52. The molecule has 1 N–H and O–H groups in total. The van der Waals surface area contributed by atoms with Gasteiger partial charge >= 0.3 is 0 Å². The number of amides is 1. The molecule has 8 heteroatoms. The molecule has 0 aliphatic heterocycles. The minimum atomic E-state index is -0.253. The molecule has 3 rings (SSSR count). The molecule has 2 heterocycles. The summed E-state index contributed by atoms with van der Waals surface area (Å²) < 4.78 is 3.86. The van der Waals surface area contributed by atoms with Crippen molar-refractivity contribution in [2.75, 3.05) is 5.32 Å². The molecule has 118 valence electrons. The number of aromatic nitrogens is 5. The summed E-state index contributed by atoms with van der Waals surface area (Å²) in [5.41, 5.74) is 0. The summed E-state index contributed by atoms with van der Waals surface area (Å²) >= 11 is 1.44. The Hall–Kier alpha value is -1.83. The fraction of sp³-hybridized carbons (Fsp3) is 0.571. The number of thioether (sulfide) groups is 1. The van der Waals surface area contributed by atoms with E-state index in [0.29, 0.717) is 6.04 Å². The Morgan fingerprint density at radius 2 is 2.18 bits per heavy atom. The number of hydrogen-bond donors (Lipinski definition) is 1. The number of carbonyl (C=O) groups is 1. The minimum absolute atomic E-state index is 0.0576. The maximum atomic E-state index is 12.4. The topological polar surface area (TPSA) is 77.6 Å². The smallest absolute Gasteiger partial charge is 0.238 e. The SMILES string of the molecule is CC(Sc1nncn1C1CC1)C(=O)Nc1ccnn1C(C)C. The molecule has 1 saturated carbocycles. The van der Waals surface area contributed by atoms with Crippen LogP contribution in [0.25, 0.3) is 0 Å². The molecular formula is C14H20N6OS. The lowest BCUT2D eigenvalue weighted by atomic mass is 10.4. The number of rotatable bonds is 6. The van der Waals surface area contributed by atoms with Crippen molar-refractivity contribution in [3.05, 3.63) is 18.6 Å². The van der Waals surface area contributed by atoms with Gasteiger partial charge in [0, 0.05) is 18.2 Å². The fourth-order valence-corrected chi connectivity index (χ4v) is 3.08. The van der Waals surface area contributed by atoms with Crippen LogP contribution in [0.3, 0.4) is 0 Å². The van der Waals surface area contributed by atoms with E-state index in [0.717, 1.165) is 11.0 Å². The Kier molecular flexibility index (Phi) is 4.19. The zero-order valence-electron chi connectivity index (χ0n) is 12.9. The molecule has 1 unspecified atom stereocenters. The maximum Gasteiger partial charge on any atom is 0.238 e. The largest absolute Gasteiger partial charge is 0.310 e. The van der Waals surface area contributed by atoms with Gasteiger partial charge in [-0.25, -0.2) is 4.68 Å². The third-order valence-electron chi connectivity index (χ3n) is 3.54. The van der Waals surface area contributed by atoms with Gasteiger partial charge in [-0.05, 0) is 33.6 Å². The third-order valence-corrected chi connectivity index (χ3v) is 4.61. The molecule has 1 aliphatic carbocycles. The summed E-state index contributed by atoms with van der Waals surface area (Å²) in [7, 11) is 0. The van der Waals surface area contributed by atoms with Crippen LogP contribution in [0.2, 0.25) is 0 Å². The highest BCUT2D eigenvalue weighted by atomic mass is 32.2. The van der Waals surface area contributed by atoms with Gasteiger partial charge in [-0.15, -0.1) is 10.2 Å². The van der Waals surface area contributed by atoms with Crippen molar-refractivity contribution in [3.8, 4) is 0 Å². The van der Waals surface area contributed by atoms with Gasteiger partial charge in [0.15, 0.2) is 5.16 Å². The lowest BCUT2D eigenvalue weighted by Crippen LogP contribution is -2.25. The molecule has 0 radical (unpaired) electrons. The van der Waals surface area contributed by atoms with E-state index in [1.807, 2.05) is 26.8 Å². The number of anilines is 1. The van der Waals surface area contributed by atoms with Crippen LogP contribution in [-0.2, 0) is 4.79 Å². The second-order valence-electron chi connectivity index (χ2n) is 5.76. The molecule has 0 saturated heterocycles. The highest BCUT2D eigenvalue weighted by Crippen LogP contribution is 2.38. The Morgan fingerprint density at radius 1 is 1.41 bits per heavy atom. The van der Waals surface area contributed by atoms with Gasteiger partial charge in [0.25, 0.3) is 0 Å². The van der Waals surface area contributed by atoms with Crippen LogP contribution in [-0.4, -0.2) is 35.7 Å². The molecule has 22 heavy (non-hydrogen) atoms. The molecule has 1 fully saturated rings. The fourth-order valence-electron chi connectivity index (χ4n) is 2.18. The van der Waals surface area contributed by atoms with Gasteiger partial charge in [0.2, 0.25) is 5.91 Å². The zero-order valence-corrected chi connectivity index (χ0v) is 13.7. The van der Waals surface area contributed by atoms with E-state index in [1.165, 1.54) is 24.6 Å². The second kappa shape index (κ2) is 6.12. The van der Waals surface area contributed by atoms with Crippen molar-refractivity contribution < 1.29 is 4.79 Å². The van der Waals surface area contributed by atoms with Crippen LogP contribution in [0.15, 0.2) is 23.7 Å². The van der Waals surface area contributed by atoms with Crippen LogP contribution in [0.4, 0.5) is 5.82 Å². The standard InChI is InChI=1S/C14H20N6OS/c1-9(2)20-12(6-7-16-20)17-13(21)10(3)22-14-18-15-8-19(14)11-4-5-11/h6-11H,4-5H2,1-3H3,(H,17,21). The first kappa shape index (κ1) is 15.1. The Morgan fingerprint density at radius 3 is 2.86 bits per heavy atom. The van der Waals surface area contributed by atoms with Crippen LogP contribution in [0.5, 0.6) is 0 Å². The van der Waals surface area contributed by atoms with E-state index >= 15 is 0 Å². The quantitative estimate of drug-likeness (QED) is 0.828. The van der Waals surface area contributed by atoms with E-state index < -0.39 is 0 Å². The van der Waals surface area contributed by atoms with E-state index in [1.54, 1.807) is 17.2 Å².